The van der Waals surface area contributed by atoms with Gasteiger partial charge in [-0.2, -0.15) is 0 Å². The molecular formula is C41H30O4. The fourth-order valence-corrected chi connectivity index (χ4v) is 6.60. The molecule has 1 aliphatic rings. The van der Waals surface area contributed by atoms with Crippen LogP contribution in [0, 0.1) is 0 Å². The second kappa shape index (κ2) is 10.8. The third-order valence-corrected chi connectivity index (χ3v) is 8.59. The second-order valence-electron chi connectivity index (χ2n) is 11.6. The first kappa shape index (κ1) is 28.1. The van der Waals surface area contributed by atoms with Crippen LogP contribution in [-0.4, -0.2) is 11.9 Å². The Labute approximate surface area is 261 Å². The predicted molar refractivity (Wildman–Crippen MR) is 180 cm³/mol. The highest BCUT2D eigenvalue weighted by molar-refractivity contribution is 6.06. The summed E-state index contributed by atoms with van der Waals surface area (Å²) in [5.74, 6) is -0.0479. The second-order valence-corrected chi connectivity index (χ2v) is 11.6. The number of carbonyl (C=O) groups excluding carboxylic acids is 2. The third-order valence-electron chi connectivity index (χ3n) is 8.59. The first-order valence-electron chi connectivity index (χ1n) is 14.8. The Hall–Kier alpha value is -5.74. The Kier molecular flexibility index (Phi) is 6.71. The molecule has 0 bridgehead atoms. The van der Waals surface area contributed by atoms with Crippen molar-refractivity contribution in [3.63, 3.8) is 0 Å². The molecule has 0 spiro atoms. The molecule has 0 saturated heterocycles. The van der Waals surface area contributed by atoms with Gasteiger partial charge in [0.1, 0.15) is 11.5 Å². The summed E-state index contributed by atoms with van der Waals surface area (Å²) in [6, 6.07) is 41.3. The highest BCUT2D eigenvalue weighted by Gasteiger charge is 2.48. The fraction of sp³-hybridized carbons (Fsp3) is 0.0732. The summed E-state index contributed by atoms with van der Waals surface area (Å²) in [7, 11) is 0. The smallest absolute Gasteiger partial charge is 0.338 e. The maximum Gasteiger partial charge on any atom is 0.338 e. The summed E-state index contributed by atoms with van der Waals surface area (Å²) in [6.07, 6.45) is 0. The van der Waals surface area contributed by atoms with E-state index in [1.54, 1.807) is 13.8 Å². The minimum absolute atomic E-state index is 0.333. The zero-order valence-electron chi connectivity index (χ0n) is 25.1. The fourth-order valence-electron chi connectivity index (χ4n) is 6.60. The van der Waals surface area contributed by atoms with Crippen LogP contribution < -0.4 is 9.47 Å². The van der Waals surface area contributed by atoms with Crippen molar-refractivity contribution in [3.8, 4) is 22.6 Å². The van der Waals surface area contributed by atoms with Crippen molar-refractivity contribution in [3.05, 3.63) is 168 Å². The highest BCUT2D eigenvalue weighted by atomic mass is 16.5. The molecule has 0 radical (unpaired) electrons. The Morgan fingerprint density at radius 1 is 0.511 bits per heavy atom. The normalized spacial score (nSPS) is 12.8. The molecule has 4 nitrogen and oxygen atoms in total. The van der Waals surface area contributed by atoms with Crippen molar-refractivity contribution in [2.45, 2.75) is 19.3 Å². The minimum atomic E-state index is -0.764. The molecule has 1 aliphatic carbocycles. The molecule has 7 rings (SSSR count). The van der Waals surface area contributed by atoms with Gasteiger partial charge in [-0.25, -0.2) is 9.59 Å². The summed E-state index contributed by atoms with van der Waals surface area (Å²) >= 11 is 0. The Balaban J connectivity index is 1.57. The summed E-state index contributed by atoms with van der Waals surface area (Å²) < 4.78 is 11.2. The van der Waals surface area contributed by atoms with E-state index in [-0.39, 0.29) is 0 Å². The van der Waals surface area contributed by atoms with E-state index < -0.39 is 17.4 Å². The van der Waals surface area contributed by atoms with Crippen LogP contribution in [0.25, 0.3) is 32.7 Å². The highest BCUT2D eigenvalue weighted by Crippen LogP contribution is 2.60. The van der Waals surface area contributed by atoms with Gasteiger partial charge in [-0.1, -0.05) is 110 Å². The van der Waals surface area contributed by atoms with Gasteiger partial charge in [0.2, 0.25) is 0 Å². The van der Waals surface area contributed by atoms with E-state index in [4.69, 9.17) is 9.47 Å². The number of carbonyl (C=O) groups is 2. The van der Waals surface area contributed by atoms with Crippen LogP contribution in [0.1, 0.15) is 36.1 Å². The molecule has 6 aromatic rings. The molecule has 0 fully saturated rings. The van der Waals surface area contributed by atoms with Gasteiger partial charge in [-0.15, -0.1) is 0 Å². The van der Waals surface area contributed by atoms with Gasteiger partial charge in [-0.3, -0.25) is 0 Å². The number of ether oxygens (including phenoxy) is 2. The molecule has 0 amide bonds. The zero-order valence-corrected chi connectivity index (χ0v) is 25.1. The topological polar surface area (TPSA) is 52.6 Å². The maximum atomic E-state index is 12.3. The first-order chi connectivity index (χ1) is 21.8. The van der Waals surface area contributed by atoms with Crippen LogP contribution in [0.3, 0.4) is 0 Å². The first-order valence-corrected chi connectivity index (χ1v) is 14.8. The summed E-state index contributed by atoms with van der Waals surface area (Å²) in [4.78, 5) is 24.7. The molecule has 0 heterocycles. The van der Waals surface area contributed by atoms with Crippen molar-refractivity contribution in [1.29, 1.82) is 0 Å². The zero-order chi connectivity index (χ0) is 31.3. The summed E-state index contributed by atoms with van der Waals surface area (Å²) in [6.45, 7) is 10.7. The van der Waals surface area contributed by atoms with Crippen molar-refractivity contribution < 1.29 is 19.1 Å². The van der Waals surface area contributed by atoms with E-state index in [1.165, 1.54) is 11.1 Å². The number of fused-ring (bicyclic) bond motifs is 7. The van der Waals surface area contributed by atoms with Crippen LogP contribution in [0.4, 0.5) is 0 Å². The number of hydrogen-bond donors (Lipinski definition) is 0. The lowest BCUT2D eigenvalue weighted by molar-refractivity contribution is -0.130. The average molecular weight is 587 g/mol. The lowest BCUT2D eigenvalue weighted by Gasteiger charge is -2.35. The van der Waals surface area contributed by atoms with E-state index in [2.05, 4.69) is 86.0 Å². The molecule has 45 heavy (non-hydrogen) atoms. The van der Waals surface area contributed by atoms with Gasteiger partial charge in [0.25, 0.3) is 0 Å². The molecule has 0 aromatic heterocycles. The van der Waals surface area contributed by atoms with Crippen LogP contribution in [0.5, 0.6) is 11.5 Å². The quantitative estimate of drug-likeness (QED) is 0.111. The van der Waals surface area contributed by atoms with Gasteiger partial charge >= 0.3 is 11.9 Å². The lowest BCUT2D eigenvalue weighted by Crippen LogP contribution is -2.29. The monoisotopic (exact) mass is 586 g/mol. The largest absolute Gasteiger partial charge is 0.423 e. The molecule has 0 unspecified atom stereocenters. The lowest BCUT2D eigenvalue weighted by atomic mass is 9.66. The standard InChI is InChI=1S/C41H30O4/c1-25(2)39(42)44-31-19-15-29(16-20-31)41(30-17-21-32(22-18-30)45-40(43)26(3)4)37-33-11-7-5-9-27(33)13-23-35(37)36-24-14-28-10-6-8-12-34(28)38(36)41/h5-24H,1,3H2,2,4H3. The van der Waals surface area contributed by atoms with Crippen LogP contribution in [0.2, 0.25) is 0 Å². The number of rotatable bonds is 6. The summed E-state index contributed by atoms with van der Waals surface area (Å²) in [5.41, 5.74) is 6.58. The van der Waals surface area contributed by atoms with Crippen molar-refractivity contribution in [1.82, 2.24) is 0 Å². The SMILES string of the molecule is C=C(C)C(=O)Oc1ccc(C2(c3ccc(OC(=O)C(=C)C)cc3)c3c(ccc4ccccc34)-c3ccc4ccccc4c32)cc1. The van der Waals surface area contributed by atoms with Crippen LogP contribution in [-0.2, 0) is 15.0 Å². The Bertz CT molecular complexity index is 2030. The van der Waals surface area contributed by atoms with E-state index in [0.29, 0.717) is 22.6 Å². The summed E-state index contributed by atoms with van der Waals surface area (Å²) in [5, 5.41) is 4.56. The van der Waals surface area contributed by atoms with Gasteiger partial charge in [-0.05, 0) is 93.0 Å². The molecule has 6 aromatic carbocycles. The van der Waals surface area contributed by atoms with E-state index in [0.717, 1.165) is 43.8 Å². The van der Waals surface area contributed by atoms with Crippen LogP contribution >= 0.6 is 0 Å². The minimum Gasteiger partial charge on any atom is -0.423 e. The van der Waals surface area contributed by atoms with Crippen molar-refractivity contribution in [2.24, 2.45) is 0 Å². The van der Waals surface area contributed by atoms with Crippen LogP contribution in [0.15, 0.2) is 146 Å². The maximum absolute atomic E-state index is 12.3. The van der Waals surface area contributed by atoms with E-state index in [9.17, 15) is 9.59 Å². The third kappa shape index (κ3) is 4.46. The Morgan fingerprint density at radius 2 is 0.889 bits per heavy atom. The van der Waals surface area contributed by atoms with Gasteiger partial charge < -0.3 is 9.47 Å². The van der Waals surface area contributed by atoms with Gasteiger partial charge in [0.15, 0.2) is 0 Å². The Morgan fingerprint density at radius 3 is 1.27 bits per heavy atom. The molecule has 4 heteroatoms. The van der Waals surface area contributed by atoms with Crippen molar-refractivity contribution >= 4 is 33.5 Å². The predicted octanol–water partition coefficient (Wildman–Crippen LogP) is 9.32. The molecular weight excluding hydrogens is 556 g/mol. The number of esters is 2. The van der Waals surface area contributed by atoms with Crippen molar-refractivity contribution in [2.75, 3.05) is 0 Å². The van der Waals surface area contributed by atoms with E-state index >= 15 is 0 Å². The molecule has 0 N–H and O–H groups in total. The molecule has 0 aliphatic heterocycles. The number of benzene rings is 6. The molecule has 218 valence electrons. The van der Waals surface area contributed by atoms with Gasteiger partial charge in [0.05, 0.1) is 5.41 Å². The molecule has 0 saturated carbocycles. The number of hydrogen-bond acceptors (Lipinski definition) is 4. The molecule has 0 atom stereocenters. The average Bonchev–Trinajstić information content (AvgIpc) is 3.37. The van der Waals surface area contributed by atoms with Gasteiger partial charge in [0, 0.05) is 11.1 Å². The van der Waals surface area contributed by atoms with E-state index in [1.807, 2.05) is 48.5 Å².